The summed E-state index contributed by atoms with van der Waals surface area (Å²) in [5.74, 6) is 0.943. The quantitative estimate of drug-likeness (QED) is 0.693. The second kappa shape index (κ2) is 7.29. The largest absolute Gasteiger partial charge is 0.383 e. The fourth-order valence-corrected chi connectivity index (χ4v) is 1.64. The summed E-state index contributed by atoms with van der Waals surface area (Å²) in [6, 6.07) is 0. The van der Waals surface area contributed by atoms with E-state index >= 15 is 0 Å². The molecule has 0 aliphatic heterocycles. The Morgan fingerprint density at radius 1 is 1.47 bits per heavy atom. The number of aryl methyl sites for hydroxylation is 1. The van der Waals surface area contributed by atoms with Crippen LogP contribution in [-0.2, 0) is 11.3 Å². The molecule has 0 aromatic carbocycles. The zero-order valence-electron chi connectivity index (χ0n) is 11.4. The average Bonchev–Trinajstić information content (AvgIpc) is 2.62. The zero-order valence-corrected chi connectivity index (χ0v) is 11.4. The molecule has 0 aliphatic rings. The molecule has 1 rings (SSSR count). The second-order valence-electron chi connectivity index (χ2n) is 4.48. The van der Waals surface area contributed by atoms with Crippen molar-refractivity contribution in [1.29, 1.82) is 0 Å². The van der Waals surface area contributed by atoms with Crippen molar-refractivity contribution in [3.8, 4) is 0 Å². The van der Waals surface area contributed by atoms with Gasteiger partial charge in [0.15, 0.2) is 0 Å². The molecular formula is C12H24N4O. The maximum absolute atomic E-state index is 5.08. The van der Waals surface area contributed by atoms with Crippen LogP contribution in [0.4, 0.5) is 5.95 Å². The number of nitrogens with one attached hydrogen (secondary N) is 1. The van der Waals surface area contributed by atoms with Gasteiger partial charge in [-0.2, -0.15) is 0 Å². The molecule has 17 heavy (non-hydrogen) atoms. The van der Waals surface area contributed by atoms with Crippen LogP contribution >= 0.6 is 0 Å². The minimum Gasteiger partial charge on any atom is -0.383 e. The third-order valence-electron chi connectivity index (χ3n) is 2.50. The van der Waals surface area contributed by atoms with Gasteiger partial charge in [-0.05, 0) is 34.0 Å². The summed E-state index contributed by atoms with van der Waals surface area (Å²) in [5.41, 5.74) is 1.04. The van der Waals surface area contributed by atoms with Crippen LogP contribution in [-0.4, -0.2) is 55.4 Å². The molecule has 0 spiro atoms. The highest BCUT2D eigenvalue weighted by Crippen LogP contribution is 2.08. The lowest BCUT2D eigenvalue weighted by Gasteiger charge is -2.11. The van der Waals surface area contributed by atoms with Gasteiger partial charge in [0, 0.05) is 26.4 Å². The second-order valence-corrected chi connectivity index (χ2v) is 4.48. The summed E-state index contributed by atoms with van der Waals surface area (Å²) in [6.45, 7) is 5.59. The smallest absolute Gasteiger partial charge is 0.203 e. The van der Waals surface area contributed by atoms with Crippen molar-refractivity contribution in [2.45, 2.75) is 19.9 Å². The third-order valence-corrected chi connectivity index (χ3v) is 2.50. The molecule has 0 atom stereocenters. The van der Waals surface area contributed by atoms with E-state index in [0.717, 1.165) is 37.7 Å². The van der Waals surface area contributed by atoms with Crippen molar-refractivity contribution in [2.75, 3.05) is 46.2 Å². The monoisotopic (exact) mass is 240 g/mol. The first kappa shape index (κ1) is 14.0. The predicted molar refractivity (Wildman–Crippen MR) is 70.5 cm³/mol. The molecule has 0 unspecified atom stereocenters. The number of ether oxygens (including phenoxy) is 1. The highest BCUT2D eigenvalue weighted by Gasteiger charge is 2.04. The number of aromatic nitrogens is 2. The minimum atomic E-state index is 0.710. The normalized spacial score (nSPS) is 11.1. The van der Waals surface area contributed by atoms with E-state index in [-0.39, 0.29) is 0 Å². The van der Waals surface area contributed by atoms with Crippen LogP contribution in [0.1, 0.15) is 12.1 Å². The van der Waals surface area contributed by atoms with E-state index in [4.69, 9.17) is 4.74 Å². The van der Waals surface area contributed by atoms with Gasteiger partial charge in [-0.25, -0.2) is 4.98 Å². The molecule has 1 N–H and O–H groups in total. The summed E-state index contributed by atoms with van der Waals surface area (Å²) < 4.78 is 7.19. The standard InChI is InChI=1S/C12H24N4O/c1-11-10-16(8-9-17-4)12(14-11)13-6-5-7-15(2)3/h10H,5-9H2,1-4H3,(H,13,14). The zero-order chi connectivity index (χ0) is 12.7. The van der Waals surface area contributed by atoms with E-state index in [1.165, 1.54) is 0 Å². The number of hydrogen-bond acceptors (Lipinski definition) is 4. The number of nitrogens with zero attached hydrogens (tertiary/aromatic N) is 3. The highest BCUT2D eigenvalue weighted by molar-refractivity contribution is 5.28. The first-order valence-corrected chi connectivity index (χ1v) is 6.05. The van der Waals surface area contributed by atoms with E-state index in [1.54, 1.807) is 7.11 Å². The van der Waals surface area contributed by atoms with Crippen LogP contribution in [0.5, 0.6) is 0 Å². The van der Waals surface area contributed by atoms with Crippen molar-refractivity contribution in [3.63, 3.8) is 0 Å². The molecular weight excluding hydrogens is 216 g/mol. The van der Waals surface area contributed by atoms with Gasteiger partial charge in [0.25, 0.3) is 0 Å². The SMILES string of the molecule is COCCn1cc(C)nc1NCCCN(C)C. The fourth-order valence-electron chi connectivity index (χ4n) is 1.64. The lowest BCUT2D eigenvalue weighted by atomic mass is 10.4. The number of methoxy groups -OCH3 is 1. The minimum absolute atomic E-state index is 0.710. The van der Waals surface area contributed by atoms with Crippen LogP contribution < -0.4 is 5.32 Å². The Hall–Kier alpha value is -1.07. The van der Waals surface area contributed by atoms with Gasteiger partial charge in [0.1, 0.15) is 0 Å². The van der Waals surface area contributed by atoms with Gasteiger partial charge in [0.2, 0.25) is 5.95 Å². The highest BCUT2D eigenvalue weighted by atomic mass is 16.5. The number of anilines is 1. The molecule has 0 radical (unpaired) electrons. The van der Waals surface area contributed by atoms with Crippen molar-refractivity contribution < 1.29 is 4.74 Å². The van der Waals surface area contributed by atoms with Crippen molar-refractivity contribution in [2.24, 2.45) is 0 Å². The Bertz CT molecular complexity index is 322. The maximum atomic E-state index is 5.08. The van der Waals surface area contributed by atoms with E-state index < -0.39 is 0 Å². The van der Waals surface area contributed by atoms with Crippen LogP contribution in [0.2, 0.25) is 0 Å². The lowest BCUT2D eigenvalue weighted by Crippen LogP contribution is -2.17. The summed E-state index contributed by atoms with van der Waals surface area (Å²) >= 11 is 0. The van der Waals surface area contributed by atoms with Crippen molar-refractivity contribution in [3.05, 3.63) is 11.9 Å². The Kier molecular flexibility index (Phi) is 6.00. The van der Waals surface area contributed by atoms with E-state index in [2.05, 4.69) is 33.9 Å². The van der Waals surface area contributed by atoms with Crippen LogP contribution in [0.15, 0.2) is 6.20 Å². The topological polar surface area (TPSA) is 42.3 Å². The van der Waals surface area contributed by atoms with E-state index in [1.807, 2.05) is 13.1 Å². The van der Waals surface area contributed by atoms with Gasteiger partial charge in [-0.1, -0.05) is 0 Å². The molecule has 0 saturated heterocycles. The molecule has 1 aromatic heterocycles. The number of hydrogen-bond donors (Lipinski definition) is 1. The summed E-state index contributed by atoms with van der Waals surface area (Å²) in [7, 11) is 5.89. The molecule has 98 valence electrons. The van der Waals surface area contributed by atoms with Crippen molar-refractivity contribution >= 4 is 5.95 Å². The van der Waals surface area contributed by atoms with Gasteiger partial charge in [-0.15, -0.1) is 0 Å². The predicted octanol–water partition coefficient (Wildman–Crippen LogP) is 1.20. The molecule has 1 aromatic rings. The Morgan fingerprint density at radius 3 is 2.88 bits per heavy atom. The molecule has 5 nitrogen and oxygen atoms in total. The molecule has 0 fully saturated rings. The molecule has 0 aliphatic carbocycles. The van der Waals surface area contributed by atoms with Gasteiger partial charge >= 0.3 is 0 Å². The molecule has 1 heterocycles. The average molecular weight is 240 g/mol. The summed E-state index contributed by atoms with van der Waals surface area (Å²) in [5, 5.41) is 3.37. The number of imidazole rings is 1. The Labute approximate surface area is 104 Å². The van der Waals surface area contributed by atoms with Crippen LogP contribution in [0.25, 0.3) is 0 Å². The molecule has 0 amide bonds. The van der Waals surface area contributed by atoms with E-state index in [9.17, 15) is 0 Å². The Balaban J connectivity index is 2.40. The maximum Gasteiger partial charge on any atom is 0.203 e. The van der Waals surface area contributed by atoms with Crippen LogP contribution in [0, 0.1) is 6.92 Å². The molecule has 0 bridgehead atoms. The van der Waals surface area contributed by atoms with E-state index in [0.29, 0.717) is 6.61 Å². The van der Waals surface area contributed by atoms with Crippen molar-refractivity contribution in [1.82, 2.24) is 14.5 Å². The van der Waals surface area contributed by atoms with Gasteiger partial charge in [0.05, 0.1) is 12.3 Å². The first-order chi connectivity index (χ1) is 8.13. The fraction of sp³-hybridized carbons (Fsp3) is 0.750. The summed E-state index contributed by atoms with van der Waals surface area (Å²) in [6.07, 6.45) is 3.16. The Morgan fingerprint density at radius 2 is 2.24 bits per heavy atom. The third kappa shape index (κ3) is 5.19. The van der Waals surface area contributed by atoms with Crippen LogP contribution in [0.3, 0.4) is 0 Å². The molecule has 0 saturated carbocycles. The molecule has 5 heteroatoms. The summed E-state index contributed by atoms with van der Waals surface area (Å²) in [4.78, 5) is 6.65. The lowest BCUT2D eigenvalue weighted by molar-refractivity contribution is 0.187. The number of rotatable bonds is 8. The van der Waals surface area contributed by atoms with Gasteiger partial charge in [-0.3, -0.25) is 0 Å². The van der Waals surface area contributed by atoms with Gasteiger partial charge < -0.3 is 19.5 Å². The first-order valence-electron chi connectivity index (χ1n) is 6.05.